The fraction of sp³-hybridized carbons (Fsp3) is 1.00. The van der Waals surface area contributed by atoms with Gasteiger partial charge in [-0.15, -0.1) is 0 Å². The van der Waals surface area contributed by atoms with Gasteiger partial charge in [-0.05, 0) is 18.8 Å². The average Bonchev–Trinajstić information content (AvgIpc) is 2.09. The van der Waals surface area contributed by atoms with Crippen LogP contribution in [0.4, 0.5) is 0 Å². The summed E-state index contributed by atoms with van der Waals surface area (Å²) in [6, 6.07) is 0. The third-order valence-electron chi connectivity index (χ3n) is 2.17. The molecule has 0 amide bonds. The molecule has 0 aromatic heterocycles. The standard InChI is InChI=1S/C11H25NO2S/c1-5-7-9-12(8-6-2)15(13,14)10-11(3)4/h11H,5-10H2,1-4H3. The average molecular weight is 235 g/mol. The Kier molecular flexibility index (Phi) is 7.18. The molecule has 0 aliphatic carbocycles. The monoisotopic (exact) mass is 235 g/mol. The van der Waals surface area contributed by atoms with Crippen molar-refractivity contribution in [1.29, 1.82) is 0 Å². The lowest BCUT2D eigenvalue weighted by atomic mass is 10.3. The van der Waals surface area contributed by atoms with Gasteiger partial charge in [-0.2, -0.15) is 0 Å². The van der Waals surface area contributed by atoms with Crippen molar-refractivity contribution in [3.63, 3.8) is 0 Å². The van der Waals surface area contributed by atoms with Crippen LogP contribution in [-0.4, -0.2) is 31.6 Å². The van der Waals surface area contributed by atoms with Crippen LogP contribution in [0.25, 0.3) is 0 Å². The van der Waals surface area contributed by atoms with E-state index in [9.17, 15) is 8.42 Å². The van der Waals surface area contributed by atoms with Crippen molar-refractivity contribution in [3.05, 3.63) is 0 Å². The normalized spacial score (nSPS) is 12.7. The minimum Gasteiger partial charge on any atom is -0.212 e. The van der Waals surface area contributed by atoms with Crippen molar-refractivity contribution in [1.82, 2.24) is 4.31 Å². The number of hydrogen-bond acceptors (Lipinski definition) is 2. The van der Waals surface area contributed by atoms with Gasteiger partial charge >= 0.3 is 0 Å². The summed E-state index contributed by atoms with van der Waals surface area (Å²) in [6.07, 6.45) is 2.88. The van der Waals surface area contributed by atoms with E-state index < -0.39 is 10.0 Å². The molecule has 0 fully saturated rings. The van der Waals surface area contributed by atoms with Gasteiger partial charge in [0.05, 0.1) is 5.75 Å². The van der Waals surface area contributed by atoms with Crippen molar-refractivity contribution in [3.8, 4) is 0 Å². The molecule has 0 aromatic rings. The zero-order valence-corrected chi connectivity index (χ0v) is 11.3. The third-order valence-corrected chi connectivity index (χ3v) is 4.41. The lowest BCUT2D eigenvalue weighted by molar-refractivity contribution is 0.399. The van der Waals surface area contributed by atoms with Gasteiger partial charge in [0.15, 0.2) is 0 Å². The summed E-state index contributed by atoms with van der Waals surface area (Å²) in [5.74, 6) is 0.479. The maximum absolute atomic E-state index is 12.0. The van der Waals surface area contributed by atoms with Gasteiger partial charge in [0.2, 0.25) is 10.0 Å². The van der Waals surface area contributed by atoms with Gasteiger partial charge in [0.1, 0.15) is 0 Å². The van der Waals surface area contributed by atoms with E-state index in [0.29, 0.717) is 13.1 Å². The highest BCUT2D eigenvalue weighted by Gasteiger charge is 2.21. The van der Waals surface area contributed by atoms with E-state index in [4.69, 9.17) is 0 Å². The number of rotatable bonds is 8. The van der Waals surface area contributed by atoms with Crippen molar-refractivity contribution in [2.24, 2.45) is 5.92 Å². The predicted molar refractivity (Wildman–Crippen MR) is 65.4 cm³/mol. The van der Waals surface area contributed by atoms with Gasteiger partial charge in [0.25, 0.3) is 0 Å². The van der Waals surface area contributed by atoms with Crippen LogP contribution in [0.1, 0.15) is 47.0 Å². The molecular weight excluding hydrogens is 210 g/mol. The Hall–Kier alpha value is -0.0900. The van der Waals surface area contributed by atoms with Crippen molar-refractivity contribution in [2.45, 2.75) is 47.0 Å². The first-order chi connectivity index (χ1) is 6.94. The fourth-order valence-electron chi connectivity index (χ4n) is 1.50. The van der Waals surface area contributed by atoms with E-state index in [-0.39, 0.29) is 11.7 Å². The molecule has 0 aliphatic heterocycles. The lowest BCUT2D eigenvalue weighted by Gasteiger charge is -2.22. The summed E-state index contributed by atoms with van der Waals surface area (Å²) in [6.45, 7) is 9.33. The molecule has 0 rings (SSSR count). The van der Waals surface area contributed by atoms with Crippen LogP contribution in [0.15, 0.2) is 0 Å². The Bertz CT molecular complexity index is 247. The molecule has 0 N–H and O–H groups in total. The summed E-state index contributed by atoms with van der Waals surface area (Å²) < 4.78 is 25.6. The van der Waals surface area contributed by atoms with Gasteiger partial charge in [-0.3, -0.25) is 0 Å². The summed E-state index contributed by atoms with van der Waals surface area (Å²) in [5.41, 5.74) is 0. The quantitative estimate of drug-likeness (QED) is 0.648. The van der Waals surface area contributed by atoms with Crippen molar-refractivity contribution < 1.29 is 8.42 Å². The Labute approximate surface area is 94.9 Å². The zero-order valence-electron chi connectivity index (χ0n) is 10.5. The predicted octanol–water partition coefficient (Wildman–Crippen LogP) is 2.48. The lowest BCUT2D eigenvalue weighted by Crippen LogP contribution is -2.35. The number of hydrogen-bond donors (Lipinski definition) is 0. The van der Waals surface area contributed by atoms with Crippen LogP contribution in [0, 0.1) is 5.92 Å². The minimum atomic E-state index is -3.02. The molecule has 0 aromatic carbocycles. The van der Waals surface area contributed by atoms with E-state index in [1.165, 1.54) is 0 Å². The molecule has 4 heteroatoms. The molecular formula is C11H25NO2S. The van der Waals surface area contributed by atoms with Crippen LogP contribution < -0.4 is 0 Å². The van der Waals surface area contributed by atoms with E-state index >= 15 is 0 Å². The molecule has 0 saturated heterocycles. The highest BCUT2D eigenvalue weighted by atomic mass is 32.2. The van der Waals surface area contributed by atoms with Crippen LogP contribution in [0.3, 0.4) is 0 Å². The van der Waals surface area contributed by atoms with E-state index in [0.717, 1.165) is 19.3 Å². The van der Waals surface area contributed by atoms with Crippen LogP contribution in [-0.2, 0) is 10.0 Å². The molecule has 15 heavy (non-hydrogen) atoms. The molecule has 0 aliphatic rings. The third kappa shape index (κ3) is 6.15. The Morgan fingerprint density at radius 3 is 2.07 bits per heavy atom. The summed E-state index contributed by atoms with van der Waals surface area (Å²) in [5, 5.41) is 0. The number of unbranched alkanes of at least 4 members (excludes halogenated alkanes) is 1. The fourth-order valence-corrected chi connectivity index (χ4v) is 3.42. The summed E-state index contributed by atoms with van der Waals surface area (Å²) in [4.78, 5) is 0. The first kappa shape index (κ1) is 14.9. The molecule has 0 atom stereocenters. The molecule has 0 bridgehead atoms. The first-order valence-electron chi connectivity index (χ1n) is 5.91. The smallest absolute Gasteiger partial charge is 0.212 e. The number of nitrogens with zero attached hydrogens (tertiary/aromatic N) is 1. The Morgan fingerprint density at radius 2 is 1.67 bits per heavy atom. The van der Waals surface area contributed by atoms with Gasteiger partial charge in [-0.25, -0.2) is 12.7 Å². The van der Waals surface area contributed by atoms with Gasteiger partial charge in [0, 0.05) is 13.1 Å². The molecule has 0 saturated carbocycles. The largest absolute Gasteiger partial charge is 0.214 e. The highest BCUT2D eigenvalue weighted by molar-refractivity contribution is 7.89. The highest BCUT2D eigenvalue weighted by Crippen LogP contribution is 2.09. The summed E-state index contributed by atoms with van der Waals surface area (Å²) >= 11 is 0. The molecule has 3 nitrogen and oxygen atoms in total. The minimum absolute atomic E-state index is 0.205. The maximum Gasteiger partial charge on any atom is 0.214 e. The molecule has 92 valence electrons. The SMILES string of the molecule is CCCCN(CCC)S(=O)(=O)CC(C)C. The molecule has 0 spiro atoms. The zero-order chi connectivity index (χ0) is 11.9. The van der Waals surface area contributed by atoms with E-state index in [1.807, 2.05) is 20.8 Å². The van der Waals surface area contributed by atoms with Gasteiger partial charge < -0.3 is 0 Å². The number of sulfonamides is 1. The molecule has 0 radical (unpaired) electrons. The van der Waals surface area contributed by atoms with Crippen LogP contribution in [0.5, 0.6) is 0 Å². The topological polar surface area (TPSA) is 37.4 Å². The second-order valence-corrected chi connectivity index (χ2v) is 6.44. The first-order valence-corrected chi connectivity index (χ1v) is 7.52. The molecule has 0 unspecified atom stereocenters. The van der Waals surface area contributed by atoms with Crippen LogP contribution >= 0.6 is 0 Å². The summed E-state index contributed by atoms with van der Waals surface area (Å²) in [7, 11) is -3.02. The van der Waals surface area contributed by atoms with Gasteiger partial charge in [-0.1, -0.05) is 34.1 Å². The molecule has 0 heterocycles. The Balaban J connectivity index is 4.44. The van der Waals surface area contributed by atoms with Crippen molar-refractivity contribution >= 4 is 10.0 Å². The second-order valence-electron chi connectivity index (χ2n) is 4.43. The Morgan fingerprint density at radius 1 is 1.07 bits per heavy atom. The van der Waals surface area contributed by atoms with Crippen LogP contribution in [0.2, 0.25) is 0 Å². The second kappa shape index (κ2) is 7.23. The van der Waals surface area contributed by atoms with E-state index in [2.05, 4.69) is 6.92 Å². The van der Waals surface area contributed by atoms with E-state index in [1.54, 1.807) is 4.31 Å². The van der Waals surface area contributed by atoms with Crippen molar-refractivity contribution in [2.75, 3.05) is 18.8 Å². The maximum atomic E-state index is 12.0.